The third-order valence-electron chi connectivity index (χ3n) is 3.56. The number of hydrogen-bond acceptors (Lipinski definition) is 5. The maximum absolute atomic E-state index is 12.2. The molecule has 0 aliphatic carbocycles. The fourth-order valence-electron chi connectivity index (χ4n) is 2.29. The van der Waals surface area contributed by atoms with Crippen molar-refractivity contribution in [3.63, 3.8) is 0 Å². The van der Waals surface area contributed by atoms with Crippen LogP contribution < -0.4 is 9.47 Å². The van der Waals surface area contributed by atoms with Crippen molar-refractivity contribution in [3.8, 4) is 11.5 Å². The highest BCUT2D eigenvalue weighted by Crippen LogP contribution is 2.30. The van der Waals surface area contributed by atoms with Gasteiger partial charge < -0.3 is 9.47 Å². The Hall–Kier alpha value is -3.47. The summed E-state index contributed by atoms with van der Waals surface area (Å²) >= 11 is 0. The summed E-state index contributed by atoms with van der Waals surface area (Å²) in [6.07, 6.45) is 10.5. The van der Waals surface area contributed by atoms with E-state index >= 15 is 0 Å². The number of benzene rings is 1. The lowest BCUT2D eigenvalue weighted by molar-refractivity contribution is 0.0728. The smallest absolute Gasteiger partial charge is 0.343 e. The average molecular weight is 346 g/mol. The molecule has 0 saturated heterocycles. The van der Waals surface area contributed by atoms with Gasteiger partial charge >= 0.3 is 5.97 Å². The van der Waals surface area contributed by atoms with Crippen LogP contribution >= 0.6 is 0 Å². The van der Waals surface area contributed by atoms with Gasteiger partial charge in [0.25, 0.3) is 0 Å². The summed E-state index contributed by atoms with van der Waals surface area (Å²) in [6.45, 7) is 2.35. The minimum Gasteiger partial charge on any atom is -0.490 e. The van der Waals surface area contributed by atoms with E-state index in [9.17, 15) is 4.79 Å². The molecule has 2 aromatic heterocycles. The van der Waals surface area contributed by atoms with Crippen molar-refractivity contribution < 1.29 is 14.3 Å². The van der Waals surface area contributed by atoms with Crippen molar-refractivity contribution in [1.29, 1.82) is 0 Å². The Kier molecular flexibility index (Phi) is 5.72. The maximum atomic E-state index is 12.2. The molecule has 0 bridgehead atoms. The molecular formula is C21H18N2O3. The van der Waals surface area contributed by atoms with Gasteiger partial charge in [-0.2, -0.15) is 0 Å². The van der Waals surface area contributed by atoms with Crippen LogP contribution in [0.2, 0.25) is 0 Å². The number of rotatable bonds is 6. The molecule has 5 heteroatoms. The zero-order valence-corrected chi connectivity index (χ0v) is 14.3. The van der Waals surface area contributed by atoms with Gasteiger partial charge in [-0.25, -0.2) is 4.79 Å². The van der Waals surface area contributed by atoms with Gasteiger partial charge in [0.15, 0.2) is 11.5 Å². The van der Waals surface area contributed by atoms with E-state index < -0.39 is 5.97 Å². The third kappa shape index (κ3) is 4.54. The summed E-state index contributed by atoms with van der Waals surface area (Å²) in [4.78, 5) is 20.1. The maximum Gasteiger partial charge on any atom is 0.343 e. The number of carbonyl (C=O) groups excluding carboxylic acids is 1. The highest BCUT2D eigenvalue weighted by atomic mass is 16.6. The molecular weight excluding hydrogens is 328 g/mol. The predicted octanol–water partition coefficient (Wildman–Crippen LogP) is 4.26. The average Bonchev–Trinajstić information content (AvgIpc) is 2.69. The molecule has 0 aliphatic rings. The minimum absolute atomic E-state index is 0.384. The first-order chi connectivity index (χ1) is 12.8. The van der Waals surface area contributed by atoms with Gasteiger partial charge in [-0.15, -0.1) is 0 Å². The van der Waals surface area contributed by atoms with Gasteiger partial charge in [0.05, 0.1) is 12.2 Å². The lowest BCUT2D eigenvalue weighted by Crippen LogP contribution is -2.09. The Bertz CT molecular complexity index is 894. The lowest BCUT2D eigenvalue weighted by Gasteiger charge is -2.11. The van der Waals surface area contributed by atoms with E-state index in [0.29, 0.717) is 23.7 Å². The monoisotopic (exact) mass is 346 g/mol. The molecule has 26 heavy (non-hydrogen) atoms. The Morgan fingerprint density at radius 1 is 0.885 bits per heavy atom. The number of ether oxygens (including phenoxy) is 2. The van der Waals surface area contributed by atoms with Crippen LogP contribution in [0.1, 0.15) is 28.4 Å². The van der Waals surface area contributed by atoms with Crippen molar-refractivity contribution in [3.05, 3.63) is 83.9 Å². The third-order valence-corrected chi connectivity index (χ3v) is 3.56. The summed E-state index contributed by atoms with van der Waals surface area (Å²) in [7, 11) is 0. The zero-order valence-electron chi connectivity index (χ0n) is 14.3. The summed E-state index contributed by atoms with van der Waals surface area (Å²) < 4.78 is 11.1. The van der Waals surface area contributed by atoms with E-state index in [0.717, 1.165) is 11.1 Å². The standard InChI is InChI=1S/C21H18N2O3/c1-2-25-20-15-17(4-3-16-7-11-22-12-8-16)5-6-19(20)26-21(24)18-9-13-23-14-10-18/h3-15H,2H2,1H3/b4-3+. The highest BCUT2D eigenvalue weighted by Gasteiger charge is 2.12. The molecule has 3 aromatic rings. The number of esters is 1. The molecule has 0 radical (unpaired) electrons. The lowest BCUT2D eigenvalue weighted by atomic mass is 10.1. The van der Waals surface area contributed by atoms with Gasteiger partial charge in [-0.05, 0) is 54.4 Å². The second-order valence-corrected chi connectivity index (χ2v) is 5.38. The van der Waals surface area contributed by atoms with Crippen molar-refractivity contribution in [1.82, 2.24) is 9.97 Å². The molecule has 0 unspecified atom stereocenters. The second kappa shape index (κ2) is 8.58. The predicted molar refractivity (Wildman–Crippen MR) is 100.0 cm³/mol. The van der Waals surface area contributed by atoms with Crippen molar-refractivity contribution in [2.75, 3.05) is 6.61 Å². The Balaban J connectivity index is 1.80. The normalized spacial score (nSPS) is 10.7. The van der Waals surface area contributed by atoms with Crippen LogP contribution in [0.4, 0.5) is 0 Å². The molecule has 2 heterocycles. The largest absolute Gasteiger partial charge is 0.490 e. The number of aromatic nitrogens is 2. The highest BCUT2D eigenvalue weighted by molar-refractivity contribution is 5.91. The fourth-order valence-corrected chi connectivity index (χ4v) is 2.29. The van der Waals surface area contributed by atoms with Crippen LogP contribution in [0.15, 0.2) is 67.3 Å². The van der Waals surface area contributed by atoms with Gasteiger partial charge in [0.2, 0.25) is 0 Å². The molecule has 0 fully saturated rings. The topological polar surface area (TPSA) is 61.3 Å². The summed E-state index contributed by atoms with van der Waals surface area (Å²) in [5.41, 5.74) is 2.42. The van der Waals surface area contributed by atoms with Crippen molar-refractivity contribution >= 4 is 18.1 Å². The molecule has 3 rings (SSSR count). The Labute approximate surface area is 152 Å². The molecule has 0 spiro atoms. The van der Waals surface area contributed by atoms with Gasteiger partial charge in [-0.1, -0.05) is 18.2 Å². The van der Waals surface area contributed by atoms with Gasteiger partial charge in [0.1, 0.15) is 0 Å². The molecule has 0 atom stereocenters. The van der Waals surface area contributed by atoms with Crippen molar-refractivity contribution in [2.45, 2.75) is 6.92 Å². The van der Waals surface area contributed by atoms with Crippen LogP contribution in [-0.4, -0.2) is 22.5 Å². The molecule has 0 aliphatic heterocycles. The van der Waals surface area contributed by atoms with E-state index in [1.165, 1.54) is 0 Å². The quantitative estimate of drug-likeness (QED) is 0.493. The second-order valence-electron chi connectivity index (χ2n) is 5.38. The van der Waals surface area contributed by atoms with Crippen LogP contribution in [-0.2, 0) is 0 Å². The first kappa shape index (κ1) is 17.4. The summed E-state index contributed by atoms with van der Waals surface area (Å²) in [5.74, 6) is 0.454. The van der Waals surface area contributed by atoms with Crippen molar-refractivity contribution in [2.24, 2.45) is 0 Å². The molecule has 0 amide bonds. The number of carbonyl (C=O) groups is 1. The Morgan fingerprint density at radius 2 is 1.54 bits per heavy atom. The van der Waals surface area contributed by atoms with Gasteiger partial charge in [-0.3, -0.25) is 9.97 Å². The van der Waals surface area contributed by atoms with E-state index in [-0.39, 0.29) is 0 Å². The number of nitrogens with zero attached hydrogens (tertiary/aromatic N) is 2. The summed E-state index contributed by atoms with van der Waals surface area (Å²) in [6, 6.07) is 12.5. The van der Waals surface area contributed by atoms with E-state index in [4.69, 9.17) is 9.47 Å². The first-order valence-corrected chi connectivity index (χ1v) is 8.23. The number of pyridine rings is 2. The molecule has 1 aromatic carbocycles. The molecule has 5 nitrogen and oxygen atoms in total. The van der Waals surface area contributed by atoms with E-state index in [1.54, 1.807) is 43.0 Å². The van der Waals surface area contributed by atoms with Crippen LogP contribution in [0.25, 0.3) is 12.2 Å². The summed E-state index contributed by atoms with van der Waals surface area (Å²) in [5, 5.41) is 0. The first-order valence-electron chi connectivity index (χ1n) is 8.23. The Morgan fingerprint density at radius 3 is 2.23 bits per heavy atom. The number of hydrogen-bond donors (Lipinski definition) is 0. The van der Waals surface area contributed by atoms with Crippen LogP contribution in [0.3, 0.4) is 0 Å². The SMILES string of the molecule is CCOc1cc(/C=C/c2ccncc2)ccc1OC(=O)c1ccncc1. The van der Waals surface area contributed by atoms with E-state index in [1.807, 2.05) is 43.3 Å². The zero-order chi connectivity index (χ0) is 18.2. The molecule has 0 saturated carbocycles. The van der Waals surface area contributed by atoms with Crippen LogP contribution in [0.5, 0.6) is 11.5 Å². The molecule has 130 valence electrons. The van der Waals surface area contributed by atoms with Crippen LogP contribution in [0, 0.1) is 0 Å². The minimum atomic E-state index is -0.451. The van der Waals surface area contributed by atoms with E-state index in [2.05, 4.69) is 9.97 Å². The van der Waals surface area contributed by atoms with Gasteiger partial charge in [0, 0.05) is 24.8 Å². The fraction of sp³-hybridized carbons (Fsp3) is 0.0952. The molecule has 0 N–H and O–H groups in total.